The first-order chi connectivity index (χ1) is 15.0. The molecule has 1 fully saturated rings. The van der Waals surface area contributed by atoms with Crippen molar-refractivity contribution in [3.63, 3.8) is 0 Å². The maximum absolute atomic E-state index is 12.8. The molecule has 1 unspecified atom stereocenters. The first kappa shape index (κ1) is 21.7. The molecule has 7 heteroatoms. The molecule has 0 aliphatic carbocycles. The molecule has 0 spiro atoms. The zero-order chi connectivity index (χ0) is 22.0. The van der Waals surface area contributed by atoms with E-state index >= 15 is 0 Å². The summed E-state index contributed by atoms with van der Waals surface area (Å²) in [6, 6.07) is 13.3. The van der Waals surface area contributed by atoms with Gasteiger partial charge in [-0.2, -0.15) is 0 Å². The maximum Gasteiger partial charge on any atom is 0.313 e. The van der Waals surface area contributed by atoms with E-state index in [0.717, 1.165) is 30.2 Å². The topological polar surface area (TPSA) is 63.2 Å². The minimum atomic E-state index is -0.587. The van der Waals surface area contributed by atoms with Crippen molar-refractivity contribution in [2.45, 2.75) is 32.7 Å². The number of carbonyl (C=O) groups excluding carboxylic acids is 1. The Bertz CT molecular complexity index is 1000. The number of rotatable bonds is 4. The minimum Gasteiger partial charge on any atom is -0.469 e. The van der Waals surface area contributed by atoms with Gasteiger partial charge in [0.25, 0.3) is 0 Å². The maximum atomic E-state index is 12.8. The molecule has 2 aliphatic rings. The largest absolute Gasteiger partial charge is 0.469 e. The molecule has 31 heavy (non-hydrogen) atoms. The van der Waals surface area contributed by atoms with E-state index in [4.69, 9.17) is 26.1 Å². The number of para-hydroxylation sites is 1. The first-order valence-corrected chi connectivity index (χ1v) is 11.1. The molecule has 0 saturated carbocycles. The normalized spacial score (nSPS) is 18.3. The second-order valence-electron chi connectivity index (χ2n) is 7.95. The molecule has 4 rings (SSSR count). The number of hydrogen-bond donors (Lipinski definition) is 1. The quantitative estimate of drug-likeness (QED) is 0.692. The number of aliphatic imine (C=N–C) groups is 1. The molecule has 0 bridgehead atoms. The van der Waals surface area contributed by atoms with Crippen LogP contribution in [0.3, 0.4) is 0 Å². The van der Waals surface area contributed by atoms with Gasteiger partial charge in [-0.1, -0.05) is 37.6 Å². The van der Waals surface area contributed by atoms with Crippen LogP contribution < -0.4 is 10.1 Å². The summed E-state index contributed by atoms with van der Waals surface area (Å²) < 4.78 is 11.4. The van der Waals surface area contributed by atoms with E-state index in [0.29, 0.717) is 35.8 Å². The average molecular weight is 442 g/mol. The molecule has 164 valence electrons. The van der Waals surface area contributed by atoms with Crippen LogP contribution in [0.25, 0.3) is 0 Å². The molecule has 0 radical (unpaired) electrons. The zero-order valence-corrected chi connectivity index (χ0v) is 18.9. The van der Waals surface area contributed by atoms with Gasteiger partial charge in [0, 0.05) is 30.7 Å². The zero-order valence-electron chi connectivity index (χ0n) is 18.2. The monoisotopic (exact) mass is 441 g/mol. The van der Waals surface area contributed by atoms with E-state index in [1.54, 1.807) is 6.07 Å². The summed E-state index contributed by atoms with van der Waals surface area (Å²) in [5, 5.41) is 4.17. The lowest BCUT2D eigenvalue weighted by Crippen LogP contribution is -2.61. The summed E-state index contributed by atoms with van der Waals surface area (Å²) in [7, 11) is 1.46. The number of halogens is 1. The lowest BCUT2D eigenvalue weighted by molar-refractivity contribution is -0.156. The Morgan fingerprint density at radius 1 is 1.26 bits per heavy atom. The van der Waals surface area contributed by atoms with E-state index in [-0.39, 0.29) is 12.0 Å². The van der Waals surface area contributed by atoms with E-state index in [2.05, 4.69) is 10.2 Å². The van der Waals surface area contributed by atoms with Crippen LogP contribution in [0.4, 0.5) is 5.69 Å². The van der Waals surface area contributed by atoms with Gasteiger partial charge in [0.05, 0.1) is 18.1 Å². The molecule has 6 nitrogen and oxygen atoms in total. The van der Waals surface area contributed by atoms with E-state index in [1.165, 1.54) is 7.11 Å². The second kappa shape index (κ2) is 8.89. The van der Waals surface area contributed by atoms with E-state index < -0.39 is 5.41 Å². The molecule has 1 atom stereocenters. The van der Waals surface area contributed by atoms with Gasteiger partial charge in [-0.25, -0.2) is 4.99 Å². The fourth-order valence-electron chi connectivity index (χ4n) is 4.63. The first-order valence-electron chi connectivity index (χ1n) is 10.7. The van der Waals surface area contributed by atoms with E-state index in [9.17, 15) is 4.79 Å². The van der Waals surface area contributed by atoms with Crippen LogP contribution in [0.2, 0.25) is 5.02 Å². The number of carbonyl (C=O) groups is 1. The van der Waals surface area contributed by atoms with Crippen LogP contribution in [0.5, 0.6) is 11.5 Å². The number of benzene rings is 2. The summed E-state index contributed by atoms with van der Waals surface area (Å²) in [5.74, 6) is 2.08. The molecule has 0 amide bonds. The molecular formula is C24H28ClN3O3. The second-order valence-corrected chi connectivity index (χ2v) is 8.39. The highest BCUT2D eigenvalue weighted by Gasteiger charge is 2.46. The van der Waals surface area contributed by atoms with Crippen molar-refractivity contribution >= 4 is 29.1 Å². The van der Waals surface area contributed by atoms with Crippen LogP contribution in [-0.4, -0.2) is 49.5 Å². The molecule has 0 aromatic heterocycles. The lowest BCUT2D eigenvalue weighted by Gasteiger charge is -2.44. The Kier molecular flexibility index (Phi) is 6.21. The third-order valence-electron chi connectivity index (χ3n) is 6.49. The summed E-state index contributed by atoms with van der Waals surface area (Å²) in [4.78, 5) is 20.0. The van der Waals surface area contributed by atoms with Crippen molar-refractivity contribution in [3.05, 3.63) is 53.1 Å². The molecular weight excluding hydrogens is 414 g/mol. The number of esters is 1. The molecule has 2 aromatic rings. The van der Waals surface area contributed by atoms with Gasteiger partial charge in [0.15, 0.2) is 5.75 Å². The third-order valence-corrected chi connectivity index (χ3v) is 6.73. The predicted molar refractivity (Wildman–Crippen MR) is 123 cm³/mol. The highest BCUT2D eigenvalue weighted by molar-refractivity contribution is 6.31. The molecule has 2 aliphatic heterocycles. The van der Waals surface area contributed by atoms with Crippen molar-refractivity contribution in [2.75, 3.05) is 26.7 Å². The SMILES string of the molecule is CCC(CC)(C(=O)OC)C1CN(C2=Nc3cc(Cl)ccc3Oc3ccccc32)CCN1. The predicted octanol–water partition coefficient (Wildman–Crippen LogP) is 4.78. The number of nitrogens with one attached hydrogen (secondary N) is 1. The smallest absolute Gasteiger partial charge is 0.313 e. The van der Waals surface area contributed by atoms with Crippen LogP contribution >= 0.6 is 11.6 Å². The summed E-state index contributed by atoms with van der Waals surface area (Å²) in [5.41, 5.74) is 1.03. The number of fused-ring (bicyclic) bond motifs is 2. The Balaban J connectivity index is 1.76. The number of hydrogen-bond acceptors (Lipinski definition) is 6. The molecule has 1 N–H and O–H groups in total. The van der Waals surface area contributed by atoms with Gasteiger partial charge in [-0.05, 0) is 43.2 Å². The van der Waals surface area contributed by atoms with Crippen LogP contribution in [-0.2, 0) is 9.53 Å². The summed E-state index contributed by atoms with van der Waals surface area (Å²) >= 11 is 6.25. The van der Waals surface area contributed by atoms with E-state index in [1.807, 2.05) is 50.2 Å². The fraction of sp³-hybridized carbons (Fsp3) is 0.417. The summed E-state index contributed by atoms with van der Waals surface area (Å²) in [6.07, 6.45) is 1.40. The lowest BCUT2D eigenvalue weighted by atomic mass is 9.74. The van der Waals surface area contributed by atoms with Crippen molar-refractivity contribution in [1.82, 2.24) is 10.2 Å². The number of methoxy groups -OCH3 is 1. The Morgan fingerprint density at radius 3 is 2.77 bits per heavy atom. The number of ether oxygens (including phenoxy) is 2. The Morgan fingerprint density at radius 2 is 2.03 bits per heavy atom. The van der Waals surface area contributed by atoms with Crippen molar-refractivity contribution in [1.29, 1.82) is 0 Å². The average Bonchev–Trinajstić information content (AvgIpc) is 2.97. The summed E-state index contributed by atoms with van der Waals surface area (Å²) in [6.45, 7) is 6.25. The van der Waals surface area contributed by atoms with Crippen molar-refractivity contribution in [3.8, 4) is 11.5 Å². The van der Waals surface area contributed by atoms with Crippen molar-refractivity contribution < 1.29 is 14.3 Å². The molecule has 2 aromatic carbocycles. The third kappa shape index (κ3) is 3.90. The van der Waals surface area contributed by atoms with Gasteiger partial charge in [-0.3, -0.25) is 4.79 Å². The minimum absolute atomic E-state index is 0.0541. The van der Waals surface area contributed by atoms with Gasteiger partial charge in [0.2, 0.25) is 0 Å². The van der Waals surface area contributed by atoms with Crippen LogP contribution in [0.15, 0.2) is 47.5 Å². The number of amidine groups is 1. The fourth-order valence-corrected chi connectivity index (χ4v) is 4.79. The van der Waals surface area contributed by atoms with Gasteiger partial charge < -0.3 is 19.7 Å². The number of piperazine rings is 1. The van der Waals surface area contributed by atoms with Gasteiger partial charge in [0.1, 0.15) is 17.3 Å². The Labute approximate surface area is 188 Å². The highest BCUT2D eigenvalue weighted by atomic mass is 35.5. The van der Waals surface area contributed by atoms with Crippen LogP contribution in [0, 0.1) is 5.41 Å². The van der Waals surface area contributed by atoms with Gasteiger partial charge >= 0.3 is 5.97 Å². The van der Waals surface area contributed by atoms with Gasteiger partial charge in [-0.15, -0.1) is 0 Å². The standard InChI is InChI=1S/C24H28ClN3O3/c1-4-24(5-2,23(29)30-3)21-15-28(13-12-26-21)22-17-8-6-7-9-19(17)31-20-11-10-16(25)14-18(20)27-22/h6-11,14,21,26H,4-5,12-13,15H2,1-3H3. The molecule has 2 heterocycles. The van der Waals surface area contributed by atoms with Crippen LogP contribution in [0.1, 0.15) is 32.3 Å². The Hall–Kier alpha value is -2.57. The number of nitrogens with zero attached hydrogens (tertiary/aromatic N) is 2. The highest BCUT2D eigenvalue weighted by Crippen LogP contribution is 2.40. The van der Waals surface area contributed by atoms with Crippen molar-refractivity contribution in [2.24, 2.45) is 10.4 Å². The molecule has 1 saturated heterocycles.